The lowest BCUT2D eigenvalue weighted by atomic mass is 10.0. The number of rotatable bonds is 6. The summed E-state index contributed by atoms with van der Waals surface area (Å²) in [7, 11) is 3.34. The van der Waals surface area contributed by atoms with E-state index in [0.717, 1.165) is 43.2 Å². The van der Waals surface area contributed by atoms with E-state index in [4.69, 9.17) is 19.9 Å². The van der Waals surface area contributed by atoms with E-state index >= 15 is 0 Å². The average Bonchev–Trinajstić information content (AvgIpc) is 2.56. The van der Waals surface area contributed by atoms with Gasteiger partial charge in [0, 0.05) is 31.3 Å². The van der Waals surface area contributed by atoms with Crippen LogP contribution in [0.4, 0.5) is 0 Å². The second-order valence-electron chi connectivity index (χ2n) is 5.26. The third-order valence-corrected chi connectivity index (χ3v) is 4.09. The molecule has 1 fully saturated rings. The van der Waals surface area contributed by atoms with E-state index < -0.39 is 0 Å². The van der Waals surface area contributed by atoms with Crippen molar-refractivity contribution >= 4 is 0 Å². The summed E-state index contributed by atoms with van der Waals surface area (Å²) < 4.78 is 16.5. The van der Waals surface area contributed by atoms with Crippen LogP contribution in [0.1, 0.15) is 24.9 Å². The van der Waals surface area contributed by atoms with Gasteiger partial charge in [-0.15, -0.1) is 0 Å². The summed E-state index contributed by atoms with van der Waals surface area (Å²) in [5.74, 6) is 1.61. The van der Waals surface area contributed by atoms with Crippen LogP contribution >= 0.6 is 0 Å². The van der Waals surface area contributed by atoms with E-state index in [-0.39, 0.29) is 12.1 Å². The first-order valence-electron chi connectivity index (χ1n) is 7.51. The second-order valence-corrected chi connectivity index (χ2v) is 5.26. The lowest BCUT2D eigenvalue weighted by Crippen LogP contribution is -2.46. The van der Waals surface area contributed by atoms with Crippen LogP contribution < -0.4 is 15.2 Å². The molecule has 2 atom stereocenters. The van der Waals surface area contributed by atoms with E-state index in [2.05, 4.69) is 11.8 Å². The van der Waals surface area contributed by atoms with Gasteiger partial charge in [-0.05, 0) is 12.5 Å². The Morgan fingerprint density at radius 1 is 1.38 bits per heavy atom. The Hall–Kier alpha value is -1.30. The summed E-state index contributed by atoms with van der Waals surface area (Å²) in [4.78, 5) is 2.39. The topological polar surface area (TPSA) is 57.0 Å². The number of ether oxygens (including phenoxy) is 3. The average molecular weight is 294 g/mol. The Morgan fingerprint density at radius 3 is 2.81 bits per heavy atom. The van der Waals surface area contributed by atoms with Crippen molar-refractivity contribution in [2.45, 2.75) is 25.5 Å². The first-order chi connectivity index (χ1) is 10.2. The summed E-state index contributed by atoms with van der Waals surface area (Å²) >= 11 is 0. The molecule has 0 aliphatic carbocycles. The van der Waals surface area contributed by atoms with Crippen LogP contribution in [-0.4, -0.2) is 51.5 Å². The van der Waals surface area contributed by atoms with Gasteiger partial charge < -0.3 is 19.9 Å². The molecule has 0 amide bonds. The van der Waals surface area contributed by atoms with Crippen molar-refractivity contribution < 1.29 is 14.2 Å². The number of benzene rings is 1. The second kappa shape index (κ2) is 7.64. The van der Waals surface area contributed by atoms with Gasteiger partial charge in [0.1, 0.15) is 11.5 Å². The summed E-state index contributed by atoms with van der Waals surface area (Å²) in [5.41, 5.74) is 7.16. The van der Waals surface area contributed by atoms with E-state index in [1.807, 2.05) is 18.2 Å². The highest BCUT2D eigenvalue weighted by atomic mass is 16.5. The molecule has 1 aliphatic heterocycles. The highest BCUT2D eigenvalue weighted by Crippen LogP contribution is 2.33. The van der Waals surface area contributed by atoms with Gasteiger partial charge in [-0.1, -0.05) is 13.0 Å². The standard InChI is InChI=1S/C16H26N2O3/c1-4-12-11-18(7-8-21-12)15(10-17)14-6-5-13(19-2)9-16(14)20-3/h5-6,9,12,15H,4,7-8,10-11,17H2,1-3H3. The molecule has 2 rings (SSSR count). The molecule has 1 aromatic carbocycles. The SMILES string of the molecule is CCC1CN(C(CN)c2ccc(OC)cc2OC)CCO1. The van der Waals surface area contributed by atoms with E-state index in [9.17, 15) is 0 Å². The minimum Gasteiger partial charge on any atom is -0.497 e. The van der Waals surface area contributed by atoms with Gasteiger partial charge in [-0.3, -0.25) is 4.90 Å². The maximum Gasteiger partial charge on any atom is 0.127 e. The number of morpholine rings is 1. The minimum absolute atomic E-state index is 0.142. The highest BCUT2D eigenvalue weighted by molar-refractivity contribution is 5.42. The number of hydrogen-bond donors (Lipinski definition) is 1. The van der Waals surface area contributed by atoms with Crippen LogP contribution in [0.3, 0.4) is 0 Å². The number of nitrogens with zero attached hydrogens (tertiary/aromatic N) is 1. The molecule has 1 aromatic rings. The number of nitrogens with two attached hydrogens (primary N) is 1. The zero-order valence-corrected chi connectivity index (χ0v) is 13.2. The van der Waals surface area contributed by atoms with Gasteiger partial charge in [0.05, 0.1) is 33.0 Å². The summed E-state index contributed by atoms with van der Waals surface area (Å²) in [6, 6.07) is 6.06. The maximum atomic E-state index is 6.05. The molecule has 1 saturated heterocycles. The van der Waals surface area contributed by atoms with Crippen molar-refractivity contribution in [2.24, 2.45) is 5.73 Å². The van der Waals surface area contributed by atoms with E-state index in [1.54, 1.807) is 14.2 Å². The van der Waals surface area contributed by atoms with Gasteiger partial charge in [0.25, 0.3) is 0 Å². The maximum absolute atomic E-state index is 6.05. The van der Waals surface area contributed by atoms with Crippen LogP contribution in [0.15, 0.2) is 18.2 Å². The molecule has 2 unspecified atom stereocenters. The first-order valence-corrected chi connectivity index (χ1v) is 7.51. The van der Waals surface area contributed by atoms with Crippen LogP contribution in [0.2, 0.25) is 0 Å². The van der Waals surface area contributed by atoms with Gasteiger partial charge in [-0.2, -0.15) is 0 Å². The number of methoxy groups -OCH3 is 2. The van der Waals surface area contributed by atoms with Gasteiger partial charge >= 0.3 is 0 Å². The molecule has 0 radical (unpaired) electrons. The van der Waals surface area contributed by atoms with Crippen molar-refractivity contribution in [3.63, 3.8) is 0 Å². The van der Waals surface area contributed by atoms with Crippen LogP contribution in [0.5, 0.6) is 11.5 Å². The molecule has 5 heteroatoms. The van der Waals surface area contributed by atoms with E-state index in [0.29, 0.717) is 6.54 Å². The van der Waals surface area contributed by atoms with Crippen molar-refractivity contribution in [3.8, 4) is 11.5 Å². The largest absolute Gasteiger partial charge is 0.497 e. The molecule has 118 valence electrons. The predicted octanol–water partition coefficient (Wildman–Crippen LogP) is 1.81. The molecule has 1 aliphatic rings. The monoisotopic (exact) mass is 294 g/mol. The lowest BCUT2D eigenvalue weighted by Gasteiger charge is -2.38. The molecule has 0 saturated carbocycles. The van der Waals surface area contributed by atoms with E-state index in [1.165, 1.54) is 0 Å². The fourth-order valence-electron chi connectivity index (χ4n) is 2.84. The molecule has 2 N–H and O–H groups in total. The van der Waals surface area contributed by atoms with Gasteiger partial charge in [0.2, 0.25) is 0 Å². The smallest absolute Gasteiger partial charge is 0.127 e. The quantitative estimate of drug-likeness (QED) is 0.867. The Kier molecular flexibility index (Phi) is 5.85. The molecular formula is C16H26N2O3. The highest BCUT2D eigenvalue weighted by Gasteiger charge is 2.27. The first kappa shape index (κ1) is 16.1. The molecule has 5 nitrogen and oxygen atoms in total. The van der Waals surface area contributed by atoms with Crippen LogP contribution in [-0.2, 0) is 4.74 Å². The lowest BCUT2D eigenvalue weighted by molar-refractivity contribution is -0.0439. The third kappa shape index (κ3) is 3.67. The predicted molar refractivity (Wildman–Crippen MR) is 82.9 cm³/mol. The zero-order chi connectivity index (χ0) is 15.2. The molecule has 21 heavy (non-hydrogen) atoms. The van der Waals surface area contributed by atoms with Crippen molar-refractivity contribution in [2.75, 3.05) is 40.5 Å². The fourth-order valence-corrected chi connectivity index (χ4v) is 2.84. The van der Waals surface area contributed by atoms with Crippen molar-refractivity contribution in [1.82, 2.24) is 4.90 Å². The molecular weight excluding hydrogens is 268 g/mol. The molecule has 1 heterocycles. The summed E-state index contributed by atoms with van der Waals surface area (Å²) in [6.07, 6.45) is 1.31. The van der Waals surface area contributed by atoms with Crippen molar-refractivity contribution in [3.05, 3.63) is 23.8 Å². The van der Waals surface area contributed by atoms with Crippen LogP contribution in [0, 0.1) is 0 Å². The Morgan fingerprint density at radius 2 is 2.19 bits per heavy atom. The van der Waals surface area contributed by atoms with Crippen LogP contribution in [0.25, 0.3) is 0 Å². The Bertz CT molecular complexity index is 453. The fraction of sp³-hybridized carbons (Fsp3) is 0.625. The molecule has 0 aromatic heterocycles. The summed E-state index contributed by atoms with van der Waals surface area (Å²) in [5, 5.41) is 0. The Balaban J connectivity index is 2.24. The third-order valence-electron chi connectivity index (χ3n) is 4.09. The van der Waals surface area contributed by atoms with Crippen molar-refractivity contribution in [1.29, 1.82) is 0 Å². The Labute approximate surface area is 127 Å². The van der Waals surface area contributed by atoms with Gasteiger partial charge in [0.15, 0.2) is 0 Å². The normalized spacial score (nSPS) is 21.0. The molecule has 0 spiro atoms. The number of hydrogen-bond acceptors (Lipinski definition) is 5. The summed E-state index contributed by atoms with van der Waals surface area (Å²) in [6.45, 7) is 5.27. The molecule has 0 bridgehead atoms. The van der Waals surface area contributed by atoms with Gasteiger partial charge in [-0.25, -0.2) is 0 Å². The minimum atomic E-state index is 0.142. The zero-order valence-electron chi connectivity index (χ0n) is 13.2.